The number of nitriles is 1. The van der Waals surface area contributed by atoms with Crippen LogP contribution in [0.1, 0.15) is 5.56 Å². The van der Waals surface area contributed by atoms with E-state index in [0.29, 0.717) is 8.95 Å². The van der Waals surface area contributed by atoms with Crippen molar-refractivity contribution in [3.63, 3.8) is 0 Å². The van der Waals surface area contributed by atoms with E-state index in [9.17, 15) is 4.39 Å². The Morgan fingerprint density at radius 3 is 2.55 bits per heavy atom. The highest BCUT2D eigenvalue weighted by molar-refractivity contribution is 9.11. The average Bonchev–Trinajstić information content (AvgIpc) is 1.96. The van der Waals surface area contributed by atoms with Crippen LogP contribution in [0.4, 0.5) is 4.39 Å². The van der Waals surface area contributed by atoms with Crippen molar-refractivity contribution in [1.29, 1.82) is 5.26 Å². The zero-order chi connectivity index (χ0) is 8.43. The van der Waals surface area contributed by atoms with Crippen LogP contribution in [0.5, 0.6) is 0 Å². The van der Waals surface area contributed by atoms with Crippen LogP contribution >= 0.6 is 31.9 Å². The summed E-state index contributed by atoms with van der Waals surface area (Å²) in [4.78, 5) is 0. The van der Waals surface area contributed by atoms with Gasteiger partial charge >= 0.3 is 0 Å². The van der Waals surface area contributed by atoms with Crippen molar-refractivity contribution in [1.82, 2.24) is 0 Å². The maximum Gasteiger partial charge on any atom is 0.155 e. The highest BCUT2D eigenvalue weighted by atomic mass is 79.9. The van der Waals surface area contributed by atoms with E-state index in [4.69, 9.17) is 5.26 Å². The van der Waals surface area contributed by atoms with Gasteiger partial charge in [0.05, 0.1) is 10.0 Å². The first-order valence-corrected chi connectivity index (χ1v) is 4.28. The molecule has 1 rings (SSSR count). The summed E-state index contributed by atoms with van der Waals surface area (Å²) in [5.74, 6) is -0.518. The third-order valence-corrected chi connectivity index (χ3v) is 2.15. The van der Waals surface area contributed by atoms with Gasteiger partial charge in [-0.15, -0.1) is 0 Å². The van der Waals surface area contributed by atoms with Crippen molar-refractivity contribution < 1.29 is 4.39 Å². The minimum absolute atomic E-state index is 0.0336. The van der Waals surface area contributed by atoms with Crippen molar-refractivity contribution in [2.75, 3.05) is 0 Å². The van der Waals surface area contributed by atoms with E-state index >= 15 is 0 Å². The quantitative estimate of drug-likeness (QED) is 0.669. The van der Waals surface area contributed by atoms with Crippen LogP contribution in [0.3, 0.4) is 0 Å². The van der Waals surface area contributed by atoms with Crippen molar-refractivity contribution in [2.45, 2.75) is 0 Å². The molecule has 0 unspecified atom stereocenters. The molecule has 0 spiro atoms. The Hall–Kier alpha value is -0.400. The fourth-order valence-corrected chi connectivity index (χ4v) is 1.86. The summed E-state index contributed by atoms with van der Waals surface area (Å²) < 4.78 is 13.9. The smallest absolute Gasteiger partial charge is 0.155 e. The predicted octanol–water partition coefficient (Wildman–Crippen LogP) is 3.22. The Morgan fingerprint density at radius 1 is 1.36 bits per heavy atom. The van der Waals surface area contributed by atoms with Crippen LogP contribution in [0.15, 0.2) is 21.1 Å². The first kappa shape index (κ1) is 8.69. The van der Waals surface area contributed by atoms with Crippen molar-refractivity contribution >= 4 is 31.9 Å². The van der Waals surface area contributed by atoms with Crippen LogP contribution in [0.2, 0.25) is 0 Å². The number of nitrogens with zero attached hydrogens (tertiary/aromatic N) is 1. The van der Waals surface area contributed by atoms with E-state index < -0.39 is 5.82 Å². The summed E-state index contributed by atoms with van der Waals surface area (Å²) in [5.41, 5.74) is 0.0336. The minimum atomic E-state index is -0.518. The molecule has 1 nitrogen and oxygen atoms in total. The maximum atomic E-state index is 12.9. The fourth-order valence-electron chi connectivity index (χ4n) is 0.637. The topological polar surface area (TPSA) is 23.8 Å². The number of benzene rings is 1. The van der Waals surface area contributed by atoms with Gasteiger partial charge in [0.15, 0.2) is 5.82 Å². The highest BCUT2D eigenvalue weighted by Gasteiger charge is 2.06. The summed E-state index contributed by atoms with van der Waals surface area (Å²) in [6, 6.07) is 4.72. The third-order valence-electron chi connectivity index (χ3n) is 1.11. The van der Waals surface area contributed by atoms with Gasteiger partial charge < -0.3 is 0 Å². The molecule has 56 valence electrons. The Bertz CT molecular complexity index is 330. The molecule has 0 aromatic heterocycles. The molecule has 1 aromatic rings. The van der Waals surface area contributed by atoms with E-state index in [1.54, 1.807) is 12.1 Å². The van der Waals surface area contributed by atoms with Crippen LogP contribution in [0.25, 0.3) is 0 Å². The maximum absolute atomic E-state index is 12.9. The second-order valence-corrected chi connectivity index (χ2v) is 3.63. The van der Waals surface area contributed by atoms with Crippen molar-refractivity contribution in [3.8, 4) is 6.07 Å². The standard InChI is InChI=1S/C7H2Br2FN/c8-5-1-4(3-11)7(10)6(9)2-5/h1-2H. The van der Waals surface area contributed by atoms with Crippen LogP contribution in [0, 0.1) is 17.1 Å². The Labute approximate surface area is 80.1 Å². The SMILES string of the molecule is N#Cc1cc(Br)cc(Br)c1F. The Balaban J connectivity index is 3.39. The largest absolute Gasteiger partial charge is 0.204 e. The Kier molecular flexibility index (Phi) is 2.63. The van der Waals surface area contributed by atoms with Gasteiger partial charge in [0.1, 0.15) is 6.07 Å². The summed E-state index contributed by atoms with van der Waals surface area (Å²) in [6.45, 7) is 0. The van der Waals surface area contributed by atoms with E-state index in [0.717, 1.165) is 0 Å². The molecule has 0 heterocycles. The molecule has 0 aliphatic heterocycles. The average molecular weight is 279 g/mol. The van der Waals surface area contributed by atoms with Crippen LogP contribution in [-0.4, -0.2) is 0 Å². The van der Waals surface area contributed by atoms with Crippen molar-refractivity contribution in [2.24, 2.45) is 0 Å². The van der Waals surface area contributed by atoms with E-state index in [2.05, 4.69) is 31.9 Å². The summed E-state index contributed by atoms with van der Waals surface area (Å²) in [5, 5.41) is 8.44. The Morgan fingerprint density at radius 2 is 2.00 bits per heavy atom. The lowest BCUT2D eigenvalue weighted by atomic mass is 10.2. The van der Waals surface area contributed by atoms with Gasteiger partial charge in [-0.25, -0.2) is 4.39 Å². The molecule has 0 aliphatic carbocycles. The van der Waals surface area contributed by atoms with Gasteiger partial charge in [0.25, 0.3) is 0 Å². The lowest BCUT2D eigenvalue weighted by Gasteiger charge is -1.96. The van der Waals surface area contributed by atoms with Gasteiger partial charge in [0, 0.05) is 4.47 Å². The molecule has 0 saturated heterocycles. The normalized spacial score (nSPS) is 9.27. The van der Waals surface area contributed by atoms with Gasteiger partial charge in [-0.05, 0) is 28.1 Å². The van der Waals surface area contributed by atoms with Gasteiger partial charge in [-0.1, -0.05) is 15.9 Å². The second-order valence-electron chi connectivity index (χ2n) is 1.86. The molecule has 0 amide bonds. The number of halogens is 3. The monoisotopic (exact) mass is 277 g/mol. The highest BCUT2D eigenvalue weighted by Crippen LogP contribution is 2.23. The first-order valence-electron chi connectivity index (χ1n) is 2.70. The second kappa shape index (κ2) is 3.33. The van der Waals surface area contributed by atoms with Crippen LogP contribution in [-0.2, 0) is 0 Å². The lowest BCUT2D eigenvalue weighted by molar-refractivity contribution is 0.617. The molecule has 0 N–H and O–H groups in total. The minimum Gasteiger partial charge on any atom is -0.204 e. The molecule has 11 heavy (non-hydrogen) atoms. The summed E-state index contributed by atoms with van der Waals surface area (Å²) in [6.07, 6.45) is 0. The first-order chi connectivity index (χ1) is 5.15. The number of hydrogen-bond donors (Lipinski definition) is 0. The fraction of sp³-hybridized carbons (Fsp3) is 0. The predicted molar refractivity (Wildman–Crippen MR) is 46.5 cm³/mol. The van der Waals surface area contributed by atoms with Gasteiger partial charge in [0.2, 0.25) is 0 Å². The van der Waals surface area contributed by atoms with Gasteiger partial charge in [-0.3, -0.25) is 0 Å². The number of rotatable bonds is 0. The molecule has 1 aromatic carbocycles. The van der Waals surface area contributed by atoms with Gasteiger partial charge in [-0.2, -0.15) is 5.26 Å². The number of hydrogen-bond acceptors (Lipinski definition) is 1. The van der Waals surface area contributed by atoms with E-state index in [1.807, 2.05) is 0 Å². The lowest BCUT2D eigenvalue weighted by Crippen LogP contribution is -1.84. The van der Waals surface area contributed by atoms with E-state index in [1.165, 1.54) is 6.07 Å². The molecule has 0 saturated carbocycles. The zero-order valence-electron chi connectivity index (χ0n) is 5.24. The van der Waals surface area contributed by atoms with Crippen LogP contribution < -0.4 is 0 Å². The molecule has 0 fully saturated rings. The third kappa shape index (κ3) is 1.79. The molecule has 0 bridgehead atoms. The molecule has 0 aliphatic rings. The summed E-state index contributed by atoms with van der Waals surface area (Å²) in [7, 11) is 0. The molecular weight excluding hydrogens is 277 g/mol. The molecular formula is C7H2Br2FN. The summed E-state index contributed by atoms with van der Waals surface area (Å²) >= 11 is 6.12. The molecule has 0 radical (unpaired) electrons. The molecule has 0 atom stereocenters. The van der Waals surface area contributed by atoms with E-state index in [-0.39, 0.29) is 5.56 Å². The van der Waals surface area contributed by atoms with Crippen molar-refractivity contribution in [3.05, 3.63) is 32.5 Å². The molecule has 4 heteroatoms. The zero-order valence-corrected chi connectivity index (χ0v) is 8.41.